The second kappa shape index (κ2) is 6.81. The molecule has 1 aromatic heterocycles. The number of hydrogen-bond acceptors (Lipinski definition) is 0. The minimum Gasteiger partial charge on any atom is -0.309 e. The van der Waals surface area contributed by atoms with Gasteiger partial charge in [0, 0.05) is 27.3 Å². The largest absolute Gasteiger partial charge is 0.309 e. The summed E-state index contributed by atoms with van der Waals surface area (Å²) >= 11 is 0. The molecule has 1 nitrogen and oxygen atoms in total. The van der Waals surface area contributed by atoms with Crippen LogP contribution in [0.5, 0.6) is 0 Å². The lowest BCUT2D eigenvalue weighted by atomic mass is 9.81. The van der Waals surface area contributed by atoms with Crippen molar-refractivity contribution in [2.75, 3.05) is 0 Å². The van der Waals surface area contributed by atoms with Crippen LogP contribution in [0.25, 0.3) is 49.7 Å². The van der Waals surface area contributed by atoms with Gasteiger partial charge < -0.3 is 4.57 Å². The van der Waals surface area contributed by atoms with E-state index >= 15 is 0 Å². The molecule has 0 unspecified atom stereocenters. The van der Waals surface area contributed by atoms with Crippen LogP contribution in [-0.2, 0) is 10.8 Å². The van der Waals surface area contributed by atoms with Gasteiger partial charge in [-0.25, -0.2) is 0 Å². The number of hydrogen-bond donors (Lipinski definition) is 0. The van der Waals surface area contributed by atoms with E-state index in [2.05, 4.69) is 135 Å². The zero-order valence-electron chi connectivity index (χ0n) is 21.8. The molecule has 1 heterocycles. The predicted molar refractivity (Wildman–Crippen MR) is 156 cm³/mol. The van der Waals surface area contributed by atoms with Gasteiger partial charge in [0.15, 0.2) is 0 Å². The van der Waals surface area contributed by atoms with Crippen molar-refractivity contribution in [3.63, 3.8) is 0 Å². The summed E-state index contributed by atoms with van der Waals surface area (Å²) in [6, 6.07) is 38.6. The van der Waals surface area contributed by atoms with Crippen molar-refractivity contribution >= 4 is 21.8 Å². The molecule has 0 amide bonds. The molecule has 0 N–H and O–H groups in total. The van der Waals surface area contributed by atoms with Crippen LogP contribution in [0.3, 0.4) is 0 Å². The molecular formula is C36H29N. The zero-order valence-corrected chi connectivity index (χ0v) is 21.8. The van der Waals surface area contributed by atoms with Gasteiger partial charge in [0.25, 0.3) is 0 Å². The van der Waals surface area contributed by atoms with Crippen molar-refractivity contribution in [2.24, 2.45) is 0 Å². The van der Waals surface area contributed by atoms with Crippen molar-refractivity contribution in [3.8, 4) is 27.9 Å². The van der Waals surface area contributed by atoms with Crippen molar-refractivity contribution in [3.05, 3.63) is 125 Å². The summed E-state index contributed by atoms with van der Waals surface area (Å²) in [6.45, 7) is 9.49. The molecule has 0 radical (unpaired) electrons. The molecule has 0 atom stereocenters. The predicted octanol–water partition coefficient (Wildman–Crippen LogP) is 9.40. The normalized spacial score (nSPS) is 16.0. The van der Waals surface area contributed by atoms with Gasteiger partial charge in [0.2, 0.25) is 0 Å². The van der Waals surface area contributed by atoms with Crippen LogP contribution < -0.4 is 0 Å². The lowest BCUT2D eigenvalue weighted by Crippen LogP contribution is -2.15. The molecule has 5 aromatic carbocycles. The van der Waals surface area contributed by atoms with Gasteiger partial charge in [-0.2, -0.15) is 0 Å². The minimum absolute atomic E-state index is 0.0203. The Morgan fingerprint density at radius 1 is 0.432 bits per heavy atom. The molecule has 2 aliphatic rings. The second-order valence-corrected chi connectivity index (χ2v) is 11.8. The fraction of sp³-hybridized carbons (Fsp3) is 0.167. The van der Waals surface area contributed by atoms with E-state index < -0.39 is 0 Å². The molecule has 8 rings (SSSR count). The highest BCUT2D eigenvalue weighted by atomic mass is 15.0. The van der Waals surface area contributed by atoms with E-state index in [-0.39, 0.29) is 10.8 Å². The highest BCUT2D eigenvalue weighted by Gasteiger charge is 2.38. The summed E-state index contributed by atoms with van der Waals surface area (Å²) in [5.74, 6) is 0. The van der Waals surface area contributed by atoms with Gasteiger partial charge in [-0.05, 0) is 80.9 Å². The van der Waals surface area contributed by atoms with E-state index in [4.69, 9.17) is 0 Å². The first-order valence-electron chi connectivity index (χ1n) is 13.3. The van der Waals surface area contributed by atoms with Crippen molar-refractivity contribution < 1.29 is 0 Å². The summed E-state index contributed by atoms with van der Waals surface area (Å²) < 4.78 is 2.48. The average Bonchev–Trinajstić information content (AvgIpc) is 3.44. The molecule has 178 valence electrons. The van der Waals surface area contributed by atoms with Crippen molar-refractivity contribution in [1.29, 1.82) is 0 Å². The number of rotatable bonds is 1. The highest BCUT2D eigenvalue weighted by molar-refractivity contribution is 6.13. The molecule has 0 fully saturated rings. The molecule has 6 aromatic rings. The summed E-state index contributed by atoms with van der Waals surface area (Å²) in [4.78, 5) is 0. The second-order valence-electron chi connectivity index (χ2n) is 11.8. The molecule has 0 aliphatic heterocycles. The SMILES string of the molecule is CC1(C)c2ccccc2-c2cc3c(cc21)c1cc2c(cc1n3-c1ccccc1)-c1ccccc1C2(C)C. The molecule has 0 saturated heterocycles. The van der Waals surface area contributed by atoms with Crippen LogP contribution in [0.2, 0.25) is 0 Å². The first-order valence-corrected chi connectivity index (χ1v) is 13.3. The smallest absolute Gasteiger partial charge is 0.0547 e. The summed E-state index contributed by atoms with van der Waals surface area (Å²) in [5, 5.41) is 2.68. The molecular weight excluding hydrogens is 446 g/mol. The highest BCUT2D eigenvalue weighted by Crippen LogP contribution is 2.53. The first kappa shape index (κ1) is 21.0. The number of aromatic nitrogens is 1. The summed E-state index contributed by atoms with van der Waals surface area (Å²) in [7, 11) is 0. The standard InChI is InChI=1S/C36H29N/c1-35(2)29-16-10-8-14-23(29)25-20-33-27(18-31(25)35)28-19-32-26(24-15-9-11-17-30(24)36(32,3)4)21-34(28)37(33)22-12-6-5-7-13-22/h5-21H,1-4H3. The summed E-state index contributed by atoms with van der Waals surface area (Å²) in [6.07, 6.45) is 0. The van der Waals surface area contributed by atoms with Gasteiger partial charge in [0.1, 0.15) is 0 Å². The summed E-state index contributed by atoms with van der Waals surface area (Å²) in [5.41, 5.74) is 14.9. The Morgan fingerprint density at radius 3 is 1.35 bits per heavy atom. The first-order chi connectivity index (χ1) is 17.9. The van der Waals surface area contributed by atoms with Gasteiger partial charge >= 0.3 is 0 Å². The van der Waals surface area contributed by atoms with E-state index in [1.165, 1.54) is 72.0 Å². The number of nitrogens with zero attached hydrogens (tertiary/aromatic N) is 1. The maximum atomic E-state index is 2.49. The van der Waals surface area contributed by atoms with Gasteiger partial charge in [-0.1, -0.05) is 94.4 Å². The van der Waals surface area contributed by atoms with E-state index in [1.807, 2.05) is 0 Å². The van der Waals surface area contributed by atoms with Gasteiger partial charge in [-0.3, -0.25) is 0 Å². The quantitative estimate of drug-likeness (QED) is 0.223. The lowest BCUT2D eigenvalue weighted by Gasteiger charge is -2.22. The van der Waals surface area contributed by atoms with Crippen LogP contribution >= 0.6 is 0 Å². The maximum absolute atomic E-state index is 2.49. The van der Waals surface area contributed by atoms with Crippen LogP contribution in [-0.4, -0.2) is 4.57 Å². The van der Waals surface area contributed by atoms with Crippen molar-refractivity contribution in [2.45, 2.75) is 38.5 Å². The monoisotopic (exact) mass is 475 g/mol. The van der Waals surface area contributed by atoms with Crippen molar-refractivity contribution in [1.82, 2.24) is 4.57 Å². The fourth-order valence-electron chi connectivity index (χ4n) is 7.26. The Kier molecular flexibility index (Phi) is 3.87. The van der Waals surface area contributed by atoms with Crippen LogP contribution in [0.1, 0.15) is 49.9 Å². The Hall–Kier alpha value is -4.10. The third-order valence-electron chi connectivity index (χ3n) is 9.19. The average molecular weight is 476 g/mol. The molecule has 0 saturated carbocycles. The Morgan fingerprint density at radius 2 is 0.865 bits per heavy atom. The number of fused-ring (bicyclic) bond motifs is 9. The lowest BCUT2D eigenvalue weighted by molar-refractivity contribution is 0.660. The van der Waals surface area contributed by atoms with Crippen LogP contribution in [0, 0.1) is 0 Å². The minimum atomic E-state index is -0.0203. The third-order valence-corrected chi connectivity index (χ3v) is 9.19. The van der Waals surface area contributed by atoms with Crippen LogP contribution in [0.15, 0.2) is 103 Å². The Labute approximate surface area is 218 Å². The molecule has 0 bridgehead atoms. The van der Waals surface area contributed by atoms with Crippen LogP contribution in [0.4, 0.5) is 0 Å². The number of para-hydroxylation sites is 1. The molecule has 2 aliphatic carbocycles. The maximum Gasteiger partial charge on any atom is 0.0547 e. The third kappa shape index (κ3) is 2.54. The Balaban J connectivity index is 1.54. The fourth-order valence-corrected chi connectivity index (χ4v) is 7.26. The van der Waals surface area contributed by atoms with E-state index in [9.17, 15) is 0 Å². The number of benzene rings is 5. The molecule has 0 spiro atoms. The van der Waals surface area contributed by atoms with Gasteiger partial charge in [-0.15, -0.1) is 0 Å². The van der Waals surface area contributed by atoms with E-state index in [0.717, 1.165) is 0 Å². The van der Waals surface area contributed by atoms with E-state index in [1.54, 1.807) is 0 Å². The Bertz CT molecular complexity index is 1790. The topological polar surface area (TPSA) is 4.93 Å². The van der Waals surface area contributed by atoms with E-state index in [0.29, 0.717) is 0 Å². The zero-order chi connectivity index (χ0) is 25.1. The molecule has 1 heteroatoms. The van der Waals surface area contributed by atoms with Gasteiger partial charge in [0.05, 0.1) is 11.0 Å². The molecule has 37 heavy (non-hydrogen) atoms.